The van der Waals surface area contributed by atoms with Crippen LogP contribution in [0.25, 0.3) is 0 Å². The summed E-state index contributed by atoms with van der Waals surface area (Å²) in [6.45, 7) is 6.33. The number of esters is 1. The summed E-state index contributed by atoms with van der Waals surface area (Å²) in [4.78, 5) is 14.6. The summed E-state index contributed by atoms with van der Waals surface area (Å²) >= 11 is 1.35. The van der Waals surface area contributed by atoms with E-state index >= 15 is 0 Å². The van der Waals surface area contributed by atoms with E-state index in [1.165, 1.54) is 22.9 Å². The number of carbonyl (C=O) groups is 1. The molecule has 0 amide bonds. The van der Waals surface area contributed by atoms with Gasteiger partial charge in [0.05, 0.1) is 6.42 Å². The highest BCUT2D eigenvalue weighted by atomic mass is 32.2. The number of aliphatic hydroxyl groups excluding tert-OH is 1. The standard InChI is InChI=1S/C25H26O3S/c1-15(2)18-9-8-16(3)12-21(18)29-22-20(26)14-25(28-23(22)27)19-7-5-4-6-17(19)13-24(25)10-11-24/h4-9,12,15,26H,10-11,13-14H2,1-3H3. The van der Waals surface area contributed by atoms with Gasteiger partial charge in [-0.25, -0.2) is 4.79 Å². The van der Waals surface area contributed by atoms with Crippen molar-refractivity contribution in [2.24, 2.45) is 5.41 Å². The zero-order chi connectivity index (χ0) is 20.4. The fourth-order valence-electron chi connectivity index (χ4n) is 5.13. The first kappa shape index (κ1) is 18.8. The lowest BCUT2D eigenvalue weighted by molar-refractivity contribution is -0.168. The van der Waals surface area contributed by atoms with Crippen LogP contribution >= 0.6 is 11.8 Å². The van der Waals surface area contributed by atoms with E-state index in [0.717, 1.165) is 35.3 Å². The molecule has 2 aliphatic carbocycles. The summed E-state index contributed by atoms with van der Waals surface area (Å²) in [5.74, 6) is 0.117. The highest BCUT2D eigenvalue weighted by Crippen LogP contribution is 2.69. The van der Waals surface area contributed by atoms with E-state index in [4.69, 9.17) is 4.74 Å². The van der Waals surface area contributed by atoms with Gasteiger partial charge in [-0.2, -0.15) is 0 Å². The summed E-state index contributed by atoms with van der Waals surface area (Å²) < 4.78 is 6.25. The molecule has 1 aliphatic heterocycles. The van der Waals surface area contributed by atoms with E-state index in [2.05, 4.69) is 44.2 Å². The van der Waals surface area contributed by atoms with Crippen LogP contribution < -0.4 is 0 Å². The number of ether oxygens (including phenoxy) is 1. The van der Waals surface area contributed by atoms with Crippen molar-refractivity contribution in [2.45, 2.75) is 62.9 Å². The molecule has 0 radical (unpaired) electrons. The van der Waals surface area contributed by atoms with Crippen molar-refractivity contribution in [1.82, 2.24) is 0 Å². The molecule has 0 bridgehead atoms. The number of fused-ring (bicyclic) bond motifs is 3. The van der Waals surface area contributed by atoms with Crippen LogP contribution in [-0.4, -0.2) is 11.1 Å². The molecule has 150 valence electrons. The predicted octanol–water partition coefficient (Wildman–Crippen LogP) is 6.16. The molecule has 2 aromatic carbocycles. The second-order valence-corrected chi connectivity index (χ2v) is 10.1. The first-order chi connectivity index (χ1) is 13.9. The first-order valence-electron chi connectivity index (χ1n) is 10.4. The smallest absolute Gasteiger partial charge is 0.349 e. The summed E-state index contributed by atoms with van der Waals surface area (Å²) in [5.41, 5.74) is 3.91. The van der Waals surface area contributed by atoms with Crippen molar-refractivity contribution in [3.63, 3.8) is 0 Å². The largest absolute Gasteiger partial charge is 0.511 e. The van der Waals surface area contributed by atoms with E-state index in [1.54, 1.807) is 0 Å². The molecule has 2 aromatic rings. The molecule has 0 aromatic heterocycles. The van der Waals surface area contributed by atoms with Crippen molar-refractivity contribution in [3.8, 4) is 0 Å². The number of rotatable bonds is 3. The number of benzene rings is 2. The van der Waals surface area contributed by atoms with Crippen molar-refractivity contribution >= 4 is 17.7 Å². The third-order valence-electron chi connectivity index (χ3n) is 6.83. The maximum atomic E-state index is 13.2. The van der Waals surface area contributed by atoms with Crippen LogP contribution in [-0.2, 0) is 21.6 Å². The Morgan fingerprint density at radius 1 is 1.10 bits per heavy atom. The van der Waals surface area contributed by atoms with Gasteiger partial charge in [-0.1, -0.05) is 62.0 Å². The average molecular weight is 407 g/mol. The summed E-state index contributed by atoms with van der Waals surface area (Å²) in [5, 5.41) is 11.1. The van der Waals surface area contributed by atoms with E-state index in [1.807, 2.05) is 19.1 Å². The maximum Gasteiger partial charge on any atom is 0.349 e. The van der Waals surface area contributed by atoms with Gasteiger partial charge in [-0.05, 0) is 60.4 Å². The Balaban J connectivity index is 1.54. The molecule has 1 atom stereocenters. The maximum absolute atomic E-state index is 13.2. The number of hydrogen-bond acceptors (Lipinski definition) is 4. The molecule has 1 unspecified atom stereocenters. The topological polar surface area (TPSA) is 46.5 Å². The lowest BCUT2D eigenvalue weighted by Crippen LogP contribution is -2.42. The Morgan fingerprint density at radius 2 is 1.86 bits per heavy atom. The second-order valence-electron chi connectivity index (χ2n) is 9.08. The van der Waals surface area contributed by atoms with Gasteiger partial charge in [0.1, 0.15) is 10.7 Å². The number of aliphatic hydroxyl groups is 1. The third-order valence-corrected chi connectivity index (χ3v) is 8.01. The summed E-state index contributed by atoms with van der Waals surface area (Å²) in [6.07, 6.45) is 3.39. The Bertz CT molecular complexity index is 1050. The zero-order valence-electron chi connectivity index (χ0n) is 17.1. The van der Waals surface area contributed by atoms with Gasteiger partial charge in [0.15, 0.2) is 5.60 Å². The van der Waals surface area contributed by atoms with Crippen LogP contribution in [0.5, 0.6) is 0 Å². The fourth-order valence-corrected chi connectivity index (χ4v) is 6.33. The Kier molecular flexibility index (Phi) is 4.15. The number of thioether (sulfide) groups is 1. The lowest BCUT2D eigenvalue weighted by Gasteiger charge is -2.39. The molecule has 2 spiro atoms. The van der Waals surface area contributed by atoms with E-state index in [9.17, 15) is 9.90 Å². The molecule has 1 fully saturated rings. The van der Waals surface area contributed by atoms with Crippen LogP contribution in [0.15, 0.2) is 58.0 Å². The molecule has 29 heavy (non-hydrogen) atoms. The van der Waals surface area contributed by atoms with Crippen molar-refractivity contribution < 1.29 is 14.6 Å². The van der Waals surface area contributed by atoms with Gasteiger partial charge >= 0.3 is 5.97 Å². The molecular weight excluding hydrogens is 380 g/mol. The first-order valence-corrected chi connectivity index (χ1v) is 11.2. The molecule has 1 heterocycles. The predicted molar refractivity (Wildman–Crippen MR) is 115 cm³/mol. The Labute approximate surface area is 176 Å². The number of carbonyl (C=O) groups excluding carboxylic acids is 1. The normalized spacial score (nSPS) is 24.3. The minimum atomic E-state index is -0.706. The number of aryl methyl sites for hydroxylation is 1. The average Bonchev–Trinajstić information content (AvgIpc) is 3.41. The van der Waals surface area contributed by atoms with E-state index < -0.39 is 11.6 Å². The molecular formula is C25H26O3S. The minimum Gasteiger partial charge on any atom is -0.511 e. The van der Waals surface area contributed by atoms with Gasteiger partial charge in [0.2, 0.25) is 0 Å². The lowest BCUT2D eigenvalue weighted by atomic mass is 9.79. The summed E-state index contributed by atoms with van der Waals surface area (Å²) in [7, 11) is 0. The SMILES string of the molecule is Cc1ccc(C(C)C)c(SC2=C(O)CC3(OC2=O)c2ccccc2CC32CC2)c1. The third kappa shape index (κ3) is 2.76. The second kappa shape index (κ2) is 6.40. The highest BCUT2D eigenvalue weighted by molar-refractivity contribution is 8.04. The fraction of sp³-hybridized carbons (Fsp3) is 0.400. The van der Waals surface area contributed by atoms with Crippen LogP contribution in [0.4, 0.5) is 0 Å². The zero-order valence-corrected chi connectivity index (χ0v) is 17.9. The quantitative estimate of drug-likeness (QED) is 0.620. The molecule has 3 nitrogen and oxygen atoms in total. The van der Waals surface area contributed by atoms with E-state index in [0.29, 0.717) is 17.2 Å². The van der Waals surface area contributed by atoms with Crippen LogP contribution in [0, 0.1) is 12.3 Å². The minimum absolute atomic E-state index is 0.0387. The molecule has 4 heteroatoms. The molecule has 5 rings (SSSR count). The molecule has 1 saturated carbocycles. The van der Waals surface area contributed by atoms with Gasteiger partial charge in [0, 0.05) is 10.3 Å². The van der Waals surface area contributed by atoms with Crippen LogP contribution in [0.2, 0.25) is 0 Å². The monoisotopic (exact) mass is 406 g/mol. The van der Waals surface area contributed by atoms with Gasteiger partial charge < -0.3 is 9.84 Å². The molecule has 3 aliphatic rings. The van der Waals surface area contributed by atoms with Gasteiger partial charge in [0.25, 0.3) is 0 Å². The highest BCUT2D eigenvalue weighted by Gasteiger charge is 2.68. The molecule has 1 N–H and O–H groups in total. The Hall–Kier alpha value is -2.20. The summed E-state index contributed by atoms with van der Waals surface area (Å²) in [6, 6.07) is 14.5. The van der Waals surface area contributed by atoms with Crippen LogP contribution in [0.1, 0.15) is 61.3 Å². The number of hydrogen-bond donors (Lipinski definition) is 1. The van der Waals surface area contributed by atoms with Crippen molar-refractivity contribution in [1.29, 1.82) is 0 Å². The van der Waals surface area contributed by atoms with Gasteiger partial charge in [-0.3, -0.25) is 0 Å². The molecule has 0 saturated heterocycles. The van der Waals surface area contributed by atoms with Crippen LogP contribution in [0.3, 0.4) is 0 Å². The van der Waals surface area contributed by atoms with E-state index in [-0.39, 0.29) is 11.2 Å². The van der Waals surface area contributed by atoms with Crippen molar-refractivity contribution in [2.75, 3.05) is 0 Å². The van der Waals surface area contributed by atoms with Gasteiger partial charge in [-0.15, -0.1) is 0 Å². The Morgan fingerprint density at radius 3 is 2.55 bits per heavy atom. The van der Waals surface area contributed by atoms with Crippen molar-refractivity contribution in [3.05, 3.63) is 75.4 Å².